The zero-order valence-corrected chi connectivity index (χ0v) is 12.3. The third kappa shape index (κ3) is 2.87. The Bertz CT molecular complexity index is 559. The molecular formula is C16H22N2O. The summed E-state index contributed by atoms with van der Waals surface area (Å²) in [6, 6.07) is 8.29. The molecule has 1 unspecified atom stereocenters. The zero-order valence-electron chi connectivity index (χ0n) is 12.3. The van der Waals surface area contributed by atoms with E-state index in [9.17, 15) is 5.11 Å². The van der Waals surface area contributed by atoms with Crippen LogP contribution in [-0.2, 0) is 5.41 Å². The lowest BCUT2D eigenvalue weighted by Gasteiger charge is -2.21. The second-order valence-corrected chi connectivity index (χ2v) is 6.10. The Labute approximate surface area is 114 Å². The summed E-state index contributed by atoms with van der Waals surface area (Å²) < 4.78 is 1.84. The van der Waals surface area contributed by atoms with Crippen molar-refractivity contribution in [1.29, 1.82) is 0 Å². The average Bonchev–Trinajstić information content (AvgIpc) is 2.74. The quantitative estimate of drug-likeness (QED) is 0.892. The van der Waals surface area contributed by atoms with Crippen LogP contribution in [0.15, 0.2) is 30.5 Å². The number of nitrogens with zero attached hydrogens (tertiary/aromatic N) is 2. The standard InChI is InChI=1S/C16H22N2O/c1-11-6-8-13(9-7-11)14-10-18(12(2)19)15(17-14)16(3,4)5/h6-10,12,19H,1-5H3. The first-order chi connectivity index (χ1) is 8.79. The number of benzene rings is 1. The van der Waals surface area contributed by atoms with E-state index >= 15 is 0 Å². The molecule has 0 aliphatic heterocycles. The molecule has 1 aromatic carbocycles. The summed E-state index contributed by atoms with van der Waals surface area (Å²) in [6.45, 7) is 10.1. The Morgan fingerprint density at radius 1 is 1.16 bits per heavy atom. The van der Waals surface area contributed by atoms with Gasteiger partial charge in [0.25, 0.3) is 0 Å². The molecule has 1 heterocycles. The van der Waals surface area contributed by atoms with Gasteiger partial charge >= 0.3 is 0 Å². The molecule has 0 aliphatic carbocycles. The molecular weight excluding hydrogens is 236 g/mol. The van der Waals surface area contributed by atoms with Crippen molar-refractivity contribution in [3.63, 3.8) is 0 Å². The molecule has 0 fully saturated rings. The summed E-state index contributed by atoms with van der Waals surface area (Å²) >= 11 is 0. The number of hydrogen-bond donors (Lipinski definition) is 1. The Kier molecular flexibility index (Phi) is 3.50. The number of aliphatic hydroxyl groups is 1. The van der Waals surface area contributed by atoms with Crippen molar-refractivity contribution in [2.45, 2.75) is 46.3 Å². The highest BCUT2D eigenvalue weighted by Crippen LogP contribution is 2.28. The van der Waals surface area contributed by atoms with Crippen molar-refractivity contribution in [3.05, 3.63) is 41.9 Å². The molecule has 1 atom stereocenters. The predicted octanol–water partition coefficient (Wildman–Crippen LogP) is 3.67. The lowest BCUT2D eigenvalue weighted by Crippen LogP contribution is -2.20. The van der Waals surface area contributed by atoms with Crippen molar-refractivity contribution >= 4 is 0 Å². The highest BCUT2D eigenvalue weighted by atomic mass is 16.3. The van der Waals surface area contributed by atoms with Gasteiger partial charge in [0.15, 0.2) is 0 Å². The third-order valence-corrected chi connectivity index (χ3v) is 3.15. The van der Waals surface area contributed by atoms with Crippen LogP contribution in [0, 0.1) is 6.92 Å². The van der Waals surface area contributed by atoms with Crippen LogP contribution in [0.25, 0.3) is 11.3 Å². The maximum Gasteiger partial charge on any atom is 0.129 e. The molecule has 0 aliphatic rings. The molecule has 19 heavy (non-hydrogen) atoms. The molecule has 3 nitrogen and oxygen atoms in total. The Morgan fingerprint density at radius 2 is 1.74 bits per heavy atom. The van der Waals surface area contributed by atoms with Gasteiger partial charge in [0.1, 0.15) is 12.1 Å². The van der Waals surface area contributed by atoms with Crippen LogP contribution in [0.3, 0.4) is 0 Å². The fourth-order valence-corrected chi connectivity index (χ4v) is 2.10. The topological polar surface area (TPSA) is 38.0 Å². The number of aromatic nitrogens is 2. The number of rotatable bonds is 2. The molecule has 0 radical (unpaired) electrons. The van der Waals surface area contributed by atoms with Crippen LogP contribution < -0.4 is 0 Å². The monoisotopic (exact) mass is 258 g/mol. The maximum absolute atomic E-state index is 9.90. The van der Waals surface area contributed by atoms with E-state index in [1.54, 1.807) is 6.92 Å². The first kappa shape index (κ1) is 13.8. The smallest absolute Gasteiger partial charge is 0.129 e. The van der Waals surface area contributed by atoms with Gasteiger partial charge in [-0.15, -0.1) is 0 Å². The molecule has 2 aromatic rings. The third-order valence-electron chi connectivity index (χ3n) is 3.15. The number of hydrogen-bond acceptors (Lipinski definition) is 2. The van der Waals surface area contributed by atoms with Gasteiger partial charge in [-0.2, -0.15) is 0 Å². The molecule has 1 N–H and O–H groups in total. The molecule has 0 amide bonds. The van der Waals surface area contributed by atoms with Crippen LogP contribution in [-0.4, -0.2) is 14.7 Å². The van der Waals surface area contributed by atoms with Crippen LogP contribution in [0.2, 0.25) is 0 Å². The summed E-state index contributed by atoms with van der Waals surface area (Å²) in [4.78, 5) is 4.71. The molecule has 0 bridgehead atoms. The minimum atomic E-state index is -0.569. The van der Waals surface area contributed by atoms with Gasteiger partial charge in [-0.25, -0.2) is 4.98 Å². The van der Waals surface area contributed by atoms with E-state index in [4.69, 9.17) is 4.98 Å². The summed E-state index contributed by atoms with van der Waals surface area (Å²) in [6.07, 6.45) is 1.36. The van der Waals surface area contributed by atoms with E-state index in [0.717, 1.165) is 17.1 Å². The van der Waals surface area contributed by atoms with Crippen LogP contribution >= 0.6 is 0 Å². The van der Waals surface area contributed by atoms with E-state index in [0.29, 0.717) is 0 Å². The summed E-state index contributed by atoms with van der Waals surface area (Å²) in [5, 5.41) is 9.90. The summed E-state index contributed by atoms with van der Waals surface area (Å²) in [5.41, 5.74) is 3.12. The van der Waals surface area contributed by atoms with Gasteiger partial charge in [-0.1, -0.05) is 50.6 Å². The largest absolute Gasteiger partial charge is 0.374 e. The van der Waals surface area contributed by atoms with Gasteiger partial charge in [0, 0.05) is 17.2 Å². The van der Waals surface area contributed by atoms with Crippen molar-refractivity contribution in [2.75, 3.05) is 0 Å². The Hall–Kier alpha value is -1.61. The lowest BCUT2D eigenvalue weighted by atomic mass is 9.95. The average molecular weight is 258 g/mol. The van der Waals surface area contributed by atoms with E-state index in [1.807, 2.05) is 10.8 Å². The van der Waals surface area contributed by atoms with Gasteiger partial charge < -0.3 is 9.67 Å². The summed E-state index contributed by atoms with van der Waals surface area (Å²) in [7, 11) is 0. The number of aliphatic hydroxyl groups excluding tert-OH is 1. The fraction of sp³-hybridized carbons (Fsp3) is 0.438. The second-order valence-electron chi connectivity index (χ2n) is 6.10. The molecule has 3 heteroatoms. The van der Waals surface area contributed by atoms with Crippen molar-refractivity contribution in [3.8, 4) is 11.3 Å². The van der Waals surface area contributed by atoms with Gasteiger partial charge in [-0.05, 0) is 13.8 Å². The van der Waals surface area contributed by atoms with Crippen molar-refractivity contribution < 1.29 is 5.11 Å². The first-order valence-electron chi connectivity index (χ1n) is 6.63. The van der Waals surface area contributed by atoms with Gasteiger partial charge in [0.2, 0.25) is 0 Å². The van der Waals surface area contributed by atoms with Crippen LogP contribution in [0.1, 0.15) is 45.3 Å². The summed E-state index contributed by atoms with van der Waals surface area (Å²) in [5.74, 6) is 0.901. The zero-order chi connectivity index (χ0) is 14.2. The normalized spacial score (nSPS) is 13.6. The molecule has 2 rings (SSSR count). The second kappa shape index (κ2) is 4.82. The molecule has 1 aromatic heterocycles. The minimum absolute atomic E-state index is 0.0973. The minimum Gasteiger partial charge on any atom is -0.374 e. The van der Waals surface area contributed by atoms with E-state index in [-0.39, 0.29) is 5.41 Å². The Balaban J connectivity index is 2.52. The van der Waals surface area contributed by atoms with E-state index < -0.39 is 6.23 Å². The molecule has 0 spiro atoms. The highest BCUT2D eigenvalue weighted by molar-refractivity contribution is 5.59. The SMILES string of the molecule is Cc1ccc(-c2cn(C(C)O)c(C(C)(C)C)n2)cc1. The fourth-order valence-electron chi connectivity index (χ4n) is 2.10. The highest BCUT2D eigenvalue weighted by Gasteiger charge is 2.23. The van der Waals surface area contributed by atoms with Crippen LogP contribution in [0.4, 0.5) is 0 Å². The predicted molar refractivity (Wildman–Crippen MR) is 78.0 cm³/mol. The van der Waals surface area contributed by atoms with E-state index in [2.05, 4.69) is 52.0 Å². The molecule has 0 saturated heterocycles. The Morgan fingerprint density at radius 3 is 2.16 bits per heavy atom. The number of imidazole rings is 1. The van der Waals surface area contributed by atoms with Crippen molar-refractivity contribution in [2.24, 2.45) is 0 Å². The molecule has 102 valence electrons. The lowest BCUT2D eigenvalue weighted by molar-refractivity contribution is 0.117. The van der Waals surface area contributed by atoms with Crippen molar-refractivity contribution in [1.82, 2.24) is 9.55 Å². The first-order valence-corrected chi connectivity index (χ1v) is 6.63. The number of aryl methyl sites for hydroxylation is 1. The van der Waals surface area contributed by atoms with Crippen LogP contribution in [0.5, 0.6) is 0 Å². The molecule has 0 saturated carbocycles. The van der Waals surface area contributed by atoms with Gasteiger partial charge in [0.05, 0.1) is 5.69 Å². The van der Waals surface area contributed by atoms with E-state index in [1.165, 1.54) is 5.56 Å². The maximum atomic E-state index is 9.90. The van der Waals surface area contributed by atoms with Gasteiger partial charge in [-0.3, -0.25) is 0 Å².